The summed E-state index contributed by atoms with van der Waals surface area (Å²) >= 11 is 7.54. The molecule has 0 unspecified atom stereocenters. The number of carbonyl (C=O) groups excluding carboxylic acids is 1. The number of carbonyl (C=O) groups is 1. The molecule has 0 aliphatic rings. The van der Waals surface area contributed by atoms with E-state index in [1.165, 1.54) is 0 Å². The summed E-state index contributed by atoms with van der Waals surface area (Å²) in [6.45, 7) is 0. The number of anilines is 1. The summed E-state index contributed by atoms with van der Waals surface area (Å²) in [4.78, 5) is 17.1. The van der Waals surface area contributed by atoms with Gasteiger partial charge in [-0.05, 0) is 42.5 Å². The van der Waals surface area contributed by atoms with E-state index in [0.29, 0.717) is 16.3 Å². The predicted octanol–water partition coefficient (Wildman–Crippen LogP) is 6.39. The quantitative estimate of drug-likeness (QED) is 0.407. The van der Waals surface area contributed by atoms with E-state index < -0.39 is 0 Å². The van der Waals surface area contributed by atoms with Crippen LogP contribution in [0.25, 0.3) is 21.8 Å². The van der Waals surface area contributed by atoms with E-state index in [-0.39, 0.29) is 5.91 Å². The van der Waals surface area contributed by atoms with Crippen molar-refractivity contribution in [3.8, 4) is 27.6 Å². The van der Waals surface area contributed by atoms with Gasteiger partial charge < -0.3 is 10.1 Å². The van der Waals surface area contributed by atoms with Crippen LogP contribution in [-0.2, 0) is 0 Å². The second-order valence-corrected chi connectivity index (χ2v) is 7.60. The van der Waals surface area contributed by atoms with Gasteiger partial charge in [-0.15, -0.1) is 11.3 Å². The van der Waals surface area contributed by atoms with Crippen LogP contribution in [0.3, 0.4) is 0 Å². The Balaban J connectivity index is 1.48. The summed E-state index contributed by atoms with van der Waals surface area (Å²) in [5, 5.41) is 6.56. The molecule has 4 rings (SSSR count). The molecule has 1 amide bonds. The standard InChI is InChI=1S/C23H17ClN2O2S/c1-28-20-4-2-3-17(13-20)22(27)25-19-11-7-15(8-12-19)21-14-29-23(26-21)16-5-9-18(24)10-6-16/h2-14H,1H3,(H,25,27). The zero-order valence-corrected chi connectivity index (χ0v) is 17.1. The lowest BCUT2D eigenvalue weighted by Gasteiger charge is -2.07. The van der Waals surface area contributed by atoms with Gasteiger partial charge in [0.1, 0.15) is 10.8 Å². The van der Waals surface area contributed by atoms with Crippen LogP contribution in [0.1, 0.15) is 10.4 Å². The molecule has 1 heterocycles. The van der Waals surface area contributed by atoms with Gasteiger partial charge in [0.05, 0.1) is 12.8 Å². The average Bonchev–Trinajstić information content (AvgIpc) is 3.25. The van der Waals surface area contributed by atoms with E-state index >= 15 is 0 Å². The zero-order chi connectivity index (χ0) is 20.2. The number of amides is 1. The first-order valence-electron chi connectivity index (χ1n) is 8.90. The van der Waals surface area contributed by atoms with Gasteiger partial charge in [0.15, 0.2) is 0 Å². The number of thiazole rings is 1. The topological polar surface area (TPSA) is 51.2 Å². The summed E-state index contributed by atoms with van der Waals surface area (Å²) in [6, 6.07) is 22.3. The van der Waals surface area contributed by atoms with Crippen molar-refractivity contribution in [1.82, 2.24) is 4.98 Å². The van der Waals surface area contributed by atoms with Gasteiger partial charge in [-0.1, -0.05) is 41.9 Å². The first-order valence-corrected chi connectivity index (χ1v) is 10.2. The number of rotatable bonds is 5. The SMILES string of the molecule is COc1cccc(C(=O)Nc2ccc(-c3csc(-c4ccc(Cl)cc4)n3)cc2)c1. The third kappa shape index (κ3) is 4.47. The molecule has 0 fully saturated rings. The van der Waals surface area contributed by atoms with Crippen LogP contribution < -0.4 is 10.1 Å². The van der Waals surface area contributed by atoms with E-state index in [1.54, 1.807) is 42.7 Å². The first-order chi connectivity index (χ1) is 14.1. The number of hydrogen-bond donors (Lipinski definition) is 1. The van der Waals surface area contributed by atoms with Crippen molar-refractivity contribution < 1.29 is 9.53 Å². The Labute approximate surface area is 177 Å². The Hall–Kier alpha value is -3.15. The molecule has 0 saturated carbocycles. The Kier molecular flexibility index (Phi) is 5.60. The molecule has 6 heteroatoms. The number of halogens is 1. The molecule has 0 atom stereocenters. The Morgan fingerprint density at radius 1 is 1.00 bits per heavy atom. The van der Waals surface area contributed by atoms with E-state index in [1.807, 2.05) is 53.9 Å². The van der Waals surface area contributed by atoms with Gasteiger partial charge >= 0.3 is 0 Å². The zero-order valence-electron chi connectivity index (χ0n) is 15.6. The Bertz CT molecular complexity index is 1140. The van der Waals surface area contributed by atoms with Crippen LogP contribution in [0.2, 0.25) is 5.02 Å². The van der Waals surface area contributed by atoms with Gasteiger partial charge in [-0.25, -0.2) is 4.98 Å². The van der Waals surface area contributed by atoms with Crippen LogP contribution in [0.15, 0.2) is 78.2 Å². The molecule has 0 saturated heterocycles. The van der Waals surface area contributed by atoms with Crippen molar-refractivity contribution in [3.05, 3.63) is 88.8 Å². The van der Waals surface area contributed by atoms with Crippen LogP contribution >= 0.6 is 22.9 Å². The minimum absolute atomic E-state index is 0.185. The van der Waals surface area contributed by atoms with E-state index in [9.17, 15) is 4.79 Å². The molecule has 4 aromatic rings. The Morgan fingerprint density at radius 3 is 2.45 bits per heavy atom. The van der Waals surface area contributed by atoms with Gasteiger partial charge in [0.25, 0.3) is 5.91 Å². The van der Waals surface area contributed by atoms with E-state index in [2.05, 4.69) is 5.32 Å². The summed E-state index contributed by atoms with van der Waals surface area (Å²) in [6.07, 6.45) is 0. The molecule has 3 aromatic carbocycles. The number of nitrogens with zero attached hydrogens (tertiary/aromatic N) is 1. The minimum Gasteiger partial charge on any atom is -0.497 e. The lowest BCUT2D eigenvalue weighted by atomic mass is 10.1. The maximum absolute atomic E-state index is 12.4. The molecular formula is C23H17ClN2O2S. The second-order valence-electron chi connectivity index (χ2n) is 6.31. The number of ether oxygens (including phenoxy) is 1. The molecule has 4 nitrogen and oxygen atoms in total. The van der Waals surface area contributed by atoms with Gasteiger partial charge in [0.2, 0.25) is 0 Å². The maximum Gasteiger partial charge on any atom is 0.255 e. The highest BCUT2D eigenvalue weighted by atomic mass is 35.5. The third-order valence-electron chi connectivity index (χ3n) is 4.37. The van der Waals surface area contributed by atoms with E-state index in [0.717, 1.165) is 27.5 Å². The third-order valence-corrected chi connectivity index (χ3v) is 5.51. The number of nitrogens with one attached hydrogen (secondary N) is 1. The highest BCUT2D eigenvalue weighted by molar-refractivity contribution is 7.13. The van der Waals surface area contributed by atoms with Crippen molar-refractivity contribution >= 4 is 34.5 Å². The van der Waals surface area contributed by atoms with Crippen molar-refractivity contribution in [2.24, 2.45) is 0 Å². The smallest absolute Gasteiger partial charge is 0.255 e. The van der Waals surface area contributed by atoms with Crippen molar-refractivity contribution in [1.29, 1.82) is 0 Å². The number of benzene rings is 3. The van der Waals surface area contributed by atoms with Crippen molar-refractivity contribution in [2.45, 2.75) is 0 Å². The largest absolute Gasteiger partial charge is 0.497 e. The van der Waals surface area contributed by atoms with Gasteiger partial charge in [-0.2, -0.15) is 0 Å². The van der Waals surface area contributed by atoms with Crippen molar-refractivity contribution in [2.75, 3.05) is 12.4 Å². The molecule has 1 aromatic heterocycles. The molecule has 0 spiro atoms. The van der Waals surface area contributed by atoms with Crippen LogP contribution in [0.5, 0.6) is 5.75 Å². The van der Waals surface area contributed by atoms with Crippen LogP contribution in [-0.4, -0.2) is 18.0 Å². The molecular weight excluding hydrogens is 404 g/mol. The monoisotopic (exact) mass is 420 g/mol. The average molecular weight is 421 g/mol. The Morgan fingerprint density at radius 2 is 1.72 bits per heavy atom. The van der Waals surface area contributed by atoms with Gasteiger partial charge in [0, 0.05) is 32.8 Å². The molecule has 29 heavy (non-hydrogen) atoms. The highest BCUT2D eigenvalue weighted by Gasteiger charge is 2.09. The fourth-order valence-electron chi connectivity index (χ4n) is 2.82. The van der Waals surface area contributed by atoms with Gasteiger partial charge in [-0.3, -0.25) is 4.79 Å². The number of methoxy groups -OCH3 is 1. The summed E-state index contributed by atoms with van der Waals surface area (Å²) in [7, 11) is 1.58. The molecule has 0 aliphatic heterocycles. The molecule has 0 bridgehead atoms. The maximum atomic E-state index is 12.4. The number of hydrogen-bond acceptors (Lipinski definition) is 4. The number of aromatic nitrogens is 1. The van der Waals surface area contributed by atoms with E-state index in [4.69, 9.17) is 21.3 Å². The summed E-state index contributed by atoms with van der Waals surface area (Å²) < 4.78 is 5.17. The minimum atomic E-state index is -0.185. The molecule has 144 valence electrons. The molecule has 1 N–H and O–H groups in total. The normalized spacial score (nSPS) is 10.6. The second kappa shape index (κ2) is 8.47. The fourth-order valence-corrected chi connectivity index (χ4v) is 3.78. The highest BCUT2D eigenvalue weighted by Crippen LogP contribution is 2.30. The van der Waals surface area contributed by atoms with Crippen LogP contribution in [0, 0.1) is 0 Å². The molecule has 0 radical (unpaired) electrons. The molecule has 0 aliphatic carbocycles. The van der Waals surface area contributed by atoms with Crippen LogP contribution in [0.4, 0.5) is 5.69 Å². The lowest BCUT2D eigenvalue weighted by Crippen LogP contribution is -2.11. The lowest BCUT2D eigenvalue weighted by molar-refractivity contribution is 0.102. The first kappa shape index (κ1) is 19.2. The predicted molar refractivity (Wildman–Crippen MR) is 119 cm³/mol. The fraction of sp³-hybridized carbons (Fsp3) is 0.0435. The van der Waals surface area contributed by atoms with Crippen molar-refractivity contribution in [3.63, 3.8) is 0 Å². The summed E-state index contributed by atoms with van der Waals surface area (Å²) in [5.41, 5.74) is 4.18. The summed E-state index contributed by atoms with van der Waals surface area (Å²) in [5.74, 6) is 0.461.